The number of hydrogen-bond acceptors (Lipinski definition) is 6. The van der Waals surface area contributed by atoms with Gasteiger partial charge in [-0.05, 0) is 18.6 Å². The molecule has 2 aliphatic heterocycles. The lowest BCUT2D eigenvalue weighted by molar-refractivity contribution is 0.172. The van der Waals surface area contributed by atoms with Crippen molar-refractivity contribution in [2.45, 2.75) is 18.9 Å². The van der Waals surface area contributed by atoms with E-state index in [0.717, 1.165) is 22.6 Å². The molecular formula is C17H13N5O. The zero-order valence-corrected chi connectivity index (χ0v) is 12.4. The van der Waals surface area contributed by atoms with Gasteiger partial charge in [-0.3, -0.25) is 15.0 Å². The van der Waals surface area contributed by atoms with Gasteiger partial charge in [-0.1, -0.05) is 12.2 Å². The van der Waals surface area contributed by atoms with Gasteiger partial charge in [0.05, 0.1) is 23.0 Å². The molecular weight excluding hydrogens is 290 g/mol. The van der Waals surface area contributed by atoms with Gasteiger partial charge in [0.25, 0.3) is 0 Å². The number of fused-ring (bicyclic) bond motifs is 3. The number of hydrogen-bond donors (Lipinski definition) is 1. The zero-order chi connectivity index (χ0) is 16.0. The maximum absolute atomic E-state index is 9.54. The normalized spacial score (nSPS) is 24.8. The van der Waals surface area contributed by atoms with Gasteiger partial charge in [0.2, 0.25) is 0 Å². The highest BCUT2D eigenvalue weighted by atomic mass is 16.5. The maximum atomic E-state index is 9.54. The summed E-state index contributed by atoms with van der Waals surface area (Å²) >= 11 is 0. The van der Waals surface area contributed by atoms with Crippen molar-refractivity contribution in [3.8, 4) is 6.07 Å². The average molecular weight is 303 g/mol. The highest BCUT2D eigenvalue weighted by molar-refractivity contribution is 6.11. The largest absolute Gasteiger partial charge is 0.464 e. The summed E-state index contributed by atoms with van der Waals surface area (Å²) in [7, 11) is 0. The number of aryl methyl sites for hydroxylation is 1. The van der Waals surface area contributed by atoms with Crippen LogP contribution in [0.4, 0.5) is 0 Å². The van der Waals surface area contributed by atoms with Crippen molar-refractivity contribution in [1.82, 2.24) is 9.97 Å². The molecule has 6 heteroatoms. The molecule has 6 nitrogen and oxygen atoms in total. The topological polar surface area (TPSA) is 97.2 Å². The summed E-state index contributed by atoms with van der Waals surface area (Å²) in [4.78, 5) is 13.1. The fraction of sp³-hybridized carbons (Fsp3) is 0.176. The van der Waals surface area contributed by atoms with Crippen LogP contribution in [0, 0.1) is 18.3 Å². The van der Waals surface area contributed by atoms with Gasteiger partial charge in [0, 0.05) is 24.2 Å². The third-order valence-electron chi connectivity index (χ3n) is 4.09. The Hall–Kier alpha value is -3.20. The second-order valence-corrected chi connectivity index (χ2v) is 5.52. The van der Waals surface area contributed by atoms with E-state index in [9.17, 15) is 5.26 Å². The second kappa shape index (κ2) is 4.92. The minimum absolute atomic E-state index is 0.124. The van der Waals surface area contributed by atoms with E-state index in [1.807, 2.05) is 25.2 Å². The molecule has 23 heavy (non-hydrogen) atoms. The first kappa shape index (κ1) is 13.5. The predicted molar refractivity (Wildman–Crippen MR) is 84.0 cm³/mol. The summed E-state index contributed by atoms with van der Waals surface area (Å²) in [6, 6.07) is 2.16. The first-order chi connectivity index (χ1) is 11.2. The third kappa shape index (κ3) is 1.98. The lowest BCUT2D eigenvalue weighted by atomic mass is 9.79. The number of nitriles is 1. The van der Waals surface area contributed by atoms with Crippen molar-refractivity contribution in [3.05, 3.63) is 70.8 Å². The summed E-state index contributed by atoms with van der Waals surface area (Å²) in [6.07, 6.45) is 10.6. The molecule has 0 spiro atoms. The minimum atomic E-state index is -0.394. The summed E-state index contributed by atoms with van der Waals surface area (Å²) in [5, 5.41) is 9.54. The number of nitrogens with two attached hydrogens (primary N) is 1. The number of aromatic nitrogens is 2. The molecule has 1 aliphatic carbocycles. The van der Waals surface area contributed by atoms with E-state index < -0.39 is 6.10 Å². The average Bonchev–Trinajstić information content (AvgIpc) is 3.02. The van der Waals surface area contributed by atoms with Gasteiger partial charge < -0.3 is 10.5 Å². The lowest BCUT2D eigenvalue weighted by Crippen LogP contribution is -2.37. The van der Waals surface area contributed by atoms with Crippen molar-refractivity contribution in [2.75, 3.05) is 0 Å². The lowest BCUT2D eigenvalue weighted by Gasteiger charge is -2.34. The molecule has 0 fully saturated rings. The Labute approximate surface area is 133 Å². The Morgan fingerprint density at radius 3 is 2.96 bits per heavy atom. The van der Waals surface area contributed by atoms with Crippen LogP contribution in [-0.2, 0) is 4.74 Å². The highest BCUT2D eigenvalue weighted by Crippen LogP contribution is 2.42. The van der Waals surface area contributed by atoms with Crippen LogP contribution in [0.5, 0.6) is 0 Å². The second-order valence-electron chi connectivity index (χ2n) is 5.52. The number of ether oxygens (including phenoxy) is 1. The van der Waals surface area contributed by atoms with Crippen LogP contribution in [-0.4, -0.2) is 21.8 Å². The van der Waals surface area contributed by atoms with Crippen LogP contribution < -0.4 is 5.73 Å². The molecule has 2 N–H and O–H groups in total. The van der Waals surface area contributed by atoms with E-state index in [2.05, 4.69) is 21.0 Å². The number of allylic oxidation sites excluding steroid dienone is 4. The quantitative estimate of drug-likeness (QED) is 0.853. The molecule has 4 rings (SSSR count). The molecule has 0 radical (unpaired) electrons. The van der Waals surface area contributed by atoms with Crippen molar-refractivity contribution < 1.29 is 4.74 Å². The van der Waals surface area contributed by atoms with E-state index in [4.69, 9.17) is 10.5 Å². The van der Waals surface area contributed by atoms with Gasteiger partial charge in [-0.25, -0.2) is 0 Å². The van der Waals surface area contributed by atoms with Gasteiger partial charge in [-0.15, -0.1) is 0 Å². The molecule has 0 aromatic carbocycles. The molecule has 2 unspecified atom stereocenters. The molecule has 112 valence electrons. The molecule has 3 heterocycles. The molecule has 3 aliphatic rings. The number of aliphatic imine (C=N–C) groups is 1. The molecule has 0 amide bonds. The van der Waals surface area contributed by atoms with Gasteiger partial charge in [0.15, 0.2) is 12.0 Å². The summed E-state index contributed by atoms with van der Waals surface area (Å²) in [5.41, 5.74) is 10.6. The molecule has 2 atom stereocenters. The predicted octanol–water partition coefficient (Wildman–Crippen LogP) is 1.80. The van der Waals surface area contributed by atoms with Gasteiger partial charge in [-0.2, -0.15) is 5.26 Å². The van der Waals surface area contributed by atoms with Crippen LogP contribution in [0.2, 0.25) is 0 Å². The Balaban J connectivity index is 1.91. The number of rotatable bonds is 1. The van der Waals surface area contributed by atoms with Crippen LogP contribution >= 0.6 is 0 Å². The first-order valence-corrected chi connectivity index (χ1v) is 7.20. The summed E-state index contributed by atoms with van der Waals surface area (Å²) < 4.78 is 5.80. The maximum Gasteiger partial charge on any atom is 0.200 e. The number of nitrogens with zero attached hydrogens (tertiary/aromatic N) is 4. The smallest absolute Gasteiger partial charge is 0.200 e. The van der Waals surface area contributed by atoms with E-state index in [1.54, 1.807) is 18.6 Å². The molecule has 0 saturated heterocycles. The molecule has 1 aromatic heterocycles. The minimum Gasteiger partial charge on any atom is -0.464 e. The van der Waals surface area contributed by atoms with Crippen molar-refractivity contribution in [3.63, 3.8) is 0 Å². The zero-order valence-electron chi connectivity index (χ0n) is 12.4. The third-order valence-corrected chi connectivity index (χ3v) is 4.09. The Morgan fingerprint density at radius 1 is 1.30 bits per heavy atom. The van der Waals surface area contributed by atoms with Crippen molar-refractivity contribution in [1.29, 1.82) is 5.26 Å². The van der Waals surface area contributed by atoms with Gasteiger partial charge in [0.1, 0.15) is 11.6 Å². The fourth-order valence-electron chi connectivity index (χ4n) is 3.08. The Bertz CT molecular complexity index is 898. The fourth-order valence-corrected chi connectivity index (χ4v) is 3.08. The molecule has 0 bridgehead atoms. The van der Waals surface area contributed by atoms with E-state index in [1.165, 1.54) is 0 Å². The van der Waals surface area contributed by atoms with Crippen molar-refractivity contribution >= 4 is 5.71 Å². The first-order valence-electron chi connectivity index (χ1n) is 7.20. The van der Waals surface area contributed by atoms with Crippen molar-refractivity contribution in [2.24, 2.45) is 10.7 Å². The molecule has 0 saturated carbocycles. The van der Waals surface area contributed by atoms with Crippen LogP contribution in [0.3, 0.4) is 0 Å². The summed E-state index contributed by atoms with van der Waals surface area (Å²) in [5.74, 6) is -0.244. The SMILES string of the molecule is Cc1cncc(C2C3=CC=C4C=CN=C4C3OC(N)=C2C#N)n1. The van der Waals surface area contributed by atoms with Crippen LogP contribution in [0.1, 0.15) is 17.3 Å². The van der Waals surface area contributed by atoms with Crippen LogP contribution in [0.15, 0.2) is 64.4 Å². The Morgan fingerprint density at radius 2 is 2.17 bits per heavy atom. The highest BCUT2D eigenvalue weighted by Gasteiger charge is 2.41. The summed E-state index contributed by atoms with van der Waals surface area (Å²) in [6.45, 7) is 1.87. The van der Waals surface area contributed by atoms with E-state index in [-0.39, 0.29) is 11.8 Å². The van der Waals surface area contributed by atoms with E-state index >= 15 is 0 Å². The van der Waals surface area contributed by atoms with Crippen LogP contribution in [0.25, 0.3) is 0 Å². The standard InChI is InChI=1S/C17H13N5O/c1-9-7-20-8-13(22-9)14-11-3-2-10-4-5-21-15(10)16(11)23-17(19)12(14)6-18/h2-5,7-8,14,16H,19H2,1H3. The Kier molecular flexibility index (Phi) is 2.88. The monoisotopic (exact) mass is 303 g/mol. The van der Waals surface area contributed by atoms with Gasteiger partial charge >= 0.3 is 0 Å². The van der Waals surface area contributed by atoms with E-state index in [0.29, 0.717) is 11.3 Å². The molecule has 1 aromatic rings.